The monoisotopic (exact) mass is 359 g/mol. The Morgan fingerprint density at radius 3 is 2.71 bits per heavy atom. The number of amides is 1. The number of thiophene rings is 1. The molecule has 7 heteroatoms. The van der Waals surface area contributed by atoms with E-state index in [1.165, 1.54) is 0 Å². The lowest BCUT2D eigenvalue weighted by Gasteiger charge is -2.21. The van der Waals surface area contributed by atoms with Gasteiger partial charge in [0.05, 0.1) is 16.9 Å². The molecule has 0 unspecified atom stereocenters. The standard InChI is InChI=1S/C17H17N3O2S2/c1-9(2)14(13-4-3-7-24-13)19-15(21)10-5-6-11-12(8-10)18-17(23)20-16(11)22/h3-9,14H,1-2H3,(H,19,21)(H2,18,20,22,23)/t14-/m0/s1. The maximum absolute atomic E-state index is 12.6. The fraction of sp³-hybridized carbons (Fsp3) is 0.235. The minimum Gasteiger partial charge on any atom is -0.344 e. The van der Waals surface area contributed by atoms with Crippen LogP contribution in [-0.2, 0) is 0 Å². The van der Waals surface area contributed by atoms with Gasteiger partial charge in [0.25, 0.3) is 11.5 Å². The molecule has 0 radical (unpaired) electrons. The van der Waals surface area contributed by atoms with E-state index in [0.717, 1.165) is 4.88 Å². The third-order valence-electron chi connectivity index (χ3n) is 3.80. The molecule has 2 heterocycles. The van der Waals surface area contributed by atoms with Crippen molar-refractivity contribution >= 4 is 40.4 Å². The van der Waals surface area contributed by atoms with Crippen molar-refractivity contribution in [3.8, 4) is 0 Å². The van der Waals surface area contributed by atoms with Gasteiger partial charge in [0.2, 0.25) is 0 Å². The second-order valence-electron chi connectivity index (χ2n) is 5.88. The molecule has 0 saturated carbocycles. The van der Waals surface area contributed by atoms with E-state index in [4.69, 9.17) is 12.2 Å². The summed E-state index contributed by atoms with van der Waals surface area (Å²) >= 11 is 6.61. The number of hydrogen-bond donors (Lipinski definition) is 3. The SMILES string of the molecule is CC(C)[C@H](NC(=O)c1ccc2c(=O)[nH]c(=S)[nH]c2c1)c1cccs1. The lowest BCUT2D eigenvalue weighted by Crippen LogP contribution is -2.31. The van der Waals surface area contributed by atoms with Gasteiger partial charge in [-0.1, -0.05) is 19.9 Å². The first-order chi connectivity index (χ1) is 11.5. The van der Waals surface area contributed by atoms with Gasteiger partial charge >= 0.3 is 0 Å². The Morgan fingerprint density at radius 2 is 2.04 bits per heavy atom. The van der Waals surface area contributed by atoms with Crippen molar-refractivity contribution in [1.82, 2.24) is 15.3 Å². The first kappa shape index (κ1) is 16.6. The number of aromatic amines is 2. The van der Waals surface area contributed by atoms with E-state index >= 15 is 0 Å². The van der Waals surface area contributed by atoms with Crippen LogP contribution in [0, 0.1) is 10.7 Å². The molecule has 0 spiro atoms. The van der Waals surface area contributed by atoms with Crippen LogP contribution in [0.3, 0.4) is 0 Å². The summed E-state index contributed by atoms with van der Waals surface area (Å²) < 4.78 is 0.240. The molecule has 3 N–H and O–H groups in total. The number of rotatable bonds is 4. The van der Waals surface area contributed by atoms with Crippen molar-refractivity contribution in [2.45, 2.75) is 19.9 Å². The van der Waals surface area contributed by atoms with Crippen LogP contribution in [0.2, 0.25) is 0 Å². The van der Waals surface area contributed by atoms with Gasteiger partial charge < -0.3 is 10.3 Å². The third kappa shape index (κ3) is 3.32. The third-order valence-corrected chi connectivity index (χ3v) is 4.96. The zero-order valence-electron chi connectivity index (χ0n) is 13.3. The van der Waals surface area contributed by atoms with Crippen LogP contribution in [0.4, 0.5) is 0 Å². The molecule has 0 aliphatic heterocycles. The number of H-pyrrole nitrogens is 2. The van der Waals surface area contributed by atoms with Gasteiger partial charge in [0, 0.05) is 10.4 Å². The fourth-order valence-electron chi connectivity index (χ4n) is 2.57. The van der Waals surface area contributed by atoms with E-state index in [1.54, 1.807) is 29.5 Å². The van der Waals surface area contributed by atoms with Crippen LogP contribution in [0.5, 0.6) is 0 Å². The smallest absolute Gasteiger partial charge is 0.259 e. The van der Waals surface area contributed by atoms with Gasteiger partial charge in [-0.15, -0.1) is 11.3 Å². The Balaban J connectivity index is 1.93. The summed E-state index contributed by atoms with van der Waals surface area (Å²) in [6, 6.07) is 8.88. The normalized spacial score (nSPS) is 12.5. The van der Waals surface area contributed by atoms with Gasteiger partial charge in [0.1, 0.15) is 0 Å². The lowest BCUT2D eigenvalue weighted by molar-refractivity contribution is 0.0926. The molecule has 124 valence electrons. The van der Waals surface area contributed by atoms with Gasteiger partial charge in [-0.25, -0.2) is 0 Å². The number of benzene rings is 1. The summed E-state index contributed by atoms with van der Waals surface area (Å²) in [5.41, 5.74) is 0.772. The minimum atomic E-state index is -0.264. The van der Waals surface area contributed by atoms with Crippen molar-refractivity contribution < 1.29 is 4.79 Å². The quantitative estimate of drug-likeness (QED) is 0.621. The zero-order valence-corrected chi connectivity index (χ0v) is 14.9. The maximum atomic E-state index is 12.6. The summed E-state index contributed by atoms with van der Waals surface area (Å²) in [5.74, 6) is 0.0882. The van der Waals surface area contributed by atoms with E-state index in [1.807, 2.05) is 17.5 Å². The molecule has 0 bridgehead atoms. The highest BCUT2D eigenvalue weighted by Gasteiger charge is 2.20. The molecule has 5 nitrogen and oxygen atoms in total. The summed E-state index contributed by atoms with van der Waals surface area (Å²) in [6.07, 6.45) is 0. The van der Waals surface area contributed by atoms with Gasteiger partial charge in [-0.2, -0.15) is 0 Å². The number of hydrogen-bond acceptors (Lipinski definition) is 4. The molecule has 0 aliphatic carbocycles. The molecule has 3 aromatic rings. The number of carbonyl (C=O) groups excluding carboxylic acids is 1. The molecule has 0 aliphatic rings. The average molecular weight is 359 g/mol. The second kappa shape index (κ2) is 6.70. The number of nitrogens with one attached hydrogen (secondary N) is 3. The Morgan fingerprint density at radius 1 is 1.25 bits per heavy atom. The zero-order chi connectivity index (χ0) is 17.3. The van der Waals surface area contributed by atoms with Crippen LogP contribution in [-0.4, -0.2) is 15.9 Å². The van der Waals surface area contributed by atoms with Crippen LogP contribution >= 0.6 is 23.6 Å². The second-order valence-corrected chi connectivity index (χ2v) is 7.27. The molecule has 0 fully saturated rings. The Kier molecular flexibility index (Phi) is 4.64. The fourth-order valence-corrected chi connectivity index (χ4v) is 3.72. The van der Waals surface area contributed by atoms with E-state index in [0.29, 0.717) is 16.5 Å². The maximum Gasteiger partial charge on any atom is 0.259 e. The van der Waals surface area contributed by atoms with E-state index in [9.17, 15) is 9.59 Å². The van der Waals surface area contributed by atoms with Crippen LogP contribution in [0.25, 0.3) is 10.9 Å². The highest BCUT2D eigenvalue weighted by Crippen LogP contribution is 2.26. The van der Waals surface area contributed by atoms with Crippen molar-refractivity contribution in [1.29, 1.82) is 0 Å². The molecule has 0 saturated heterocycles. The highest BCUT2D eigenvalue weighted by atomic mass is 32.1. The predicted octanol–water partition coefficient (Wildman–Crippen LogP) is 3.77. The summed E-state index contributed by atoms with van der Waals surface area (Å²) in [7, 11) is 0. The van der Waals surface area contributed by atoms with Crippen molar-refractivity contribution in [2.24, 2.45) is 5.92 Å². The summed E-state index contributed by atoms with van der Waals surface area (Å²) in [6.45, 7) is 4.14. The number of carbonyl (C=O) groups is 1. The number of fused-ring (bicyclic) bond motifs is 1. The Labute approximate surface area is 147 Å². The largest absolute Gasteiger partial charge is 0.344 e. The van der Waals surface area contributed by atoms with E-state index in [-0.39, 0.29) is 28.2 Å². The molecule has 2 aromatic heterocycles. The van der Waals surface area contributed by atoms with Gasteiger partial charge in [-0.05, 0) is 47.8 Å². The van der Waals surface area contributed by atoms with Crippen LogP contribution < -0.4 is 10.9 Å². The summed E-state index contributed by atoms with van der Waals surface area (Å²) in [4.78, 5) is 31.1. The van der Waals surface area contributed by atoms with Crippen LogP contribution in [0.1, 0.15) is 35.1 Å². The Hall–Kier alpha value is -2.25. The van der Waals surface area contributed by atoms with Gasteiger partial charge in [-0.3, -0.25) is 14.6 Å². The first-order valence-corrected chi connectivity index (χ1v) is 8.85. The highest BCUT2D eigenvalue weighted by molar-refractivity contribution is 7.71. The van der Waals surface area contributed by atoms with Crippen molar-refractivity contribution in [2.75, 3.05) is 0 Å². The predicted molar refractivity (Wildman–Crippen MR) is 99.1 cm³/mol. The first-order valence-electron chi connectivity index (χ1n) is 7.56. The molecular formula is C17H17N3O2S2. The molecule has 1 amide bonds. The molecule has 1 aromatic carbocycles. The molecule has 3 rings (SSSR count). The van der Waals surface area contributed by atoms with Gasteiger partial charge in [0.15, 0.2) is 4.77 Å². The Bertz CT molecular complexity index is 987. The topological polar surface area (TPSA) is 77.8 Å². The average Bonchev–Trinajstić information content (AvgIpc) is 3.05. The minimum absolute atomic E-state index is 0.0501. The lowest BCUT2D eigenvalue weighted by atomic mass is 10.0. The van der Waals surface area contributed by atoms with Crippen molar-refractivity contribution in [3.63, 3.8) is 0 Å². The molecular weight excluding hydrogens is 342 g/mol. The van der Waals surface area contributed by atoms with E-state index < -0.39 is 0 Å². The molecule has 24 heavy (non-hydrogen) atoms. The van der Waals surface area contributed by atoms with Crippen LogP contribution in [0.15, 0.2) is 40.5 Å². The summed E-state index contributed by atoms with van der Waals surface area (Å²) in [5, 5.41) is 5.55. The number of aromatic nitrogens is 2. The van der Waals surface area contributed by atoms with E-state index in [2.05, 4.69) is 29.1 Å². The molecule has 1 atom stereocenters. The van der Waals surface area contributed by atoms with Crippen molar-refractivity contribution in [3.05, 3.63) is 61.3 Å².